The van der Waals surface area contributed by atoms with E-state index in [4.69, 9.17) is 9.15 Å². The SMILES string of the molecule is O=C(Nc1ccc(=O)n2c1[C@@H]1C[C@@H](CN(C(=O)COc3ccccc3)C1)C2)c1ccco1. The number of amides is 2. The fraction of sp³-hybridized carbons (Fsp3) is 0.292. The maximum atomic E-state index is 12.8. The highest BCUT2D eigenvalue weighted by atomic mass is 16.5. The first-order valence-corrected chi connectivity index (χ1v) is 10.6. The zero-order valence-electron chi connectivity index (χ0n) is 17.4. The Bertz CT molecular complexity index is 1190. The number of hydrogen-bond donors (Lipinski definition) is 1. The number of hydrogen-bond acceptors (Lipinski definition) is 5. The number of carbonyl (C=O) groups excluding carboxylic acids is 2. The van der Waals surface area contributed by atoms with Gasteiger partial charge in [0.05, 0.1) is 12.0 Å². The first-order chi connectivity index (χ1) is 15.6. The maximum absolute atomic E-state index is 12.8. The van der Waals surface area contributed by atoms with Crippen LogP contribution in [0.1, 0.15) is 28.6 Å². The van der Waals surface area contributed by atoms with E-state index < -0.39 is 0 Å². The van der Waals surface area contributed by atoms with Crippen LogP contribution in [0.2, 0.25) is 0 Å². The molecular weight excluding hydrogens is 410 g/mol. The van der Waals surface area contributed by atoms with Crippen LogP contribution < -0.4 is 15.6 Å². The fourth-order valence-electron chi connectivity index (χ4n) is 4.67. The van der Waals surface area contributed by atoms with Crippen molar-refractivity contribution in [1.82, 2.24) is 9.47 Å². The molecule has 1 N–H and O–H groups in total. The lowest BCUT2D eigenvalue weighted by atomic mass is 9.82. The Morgan fingerprint density at radius 1 is 1.03 bits per heavy atom. The molecule has 0 spiro atoms. The minimum atomic E-state index is -0.376. The molecule has 8 heteroatoms. The molecule has 2 aliphatic rings. The Labute approximate surface area is 184 Å². The first kappa shape index (κ1) is 20.1. The fourth-order valence-corrected chi connectivity index (χ4v) is 4.67. The molecule has 1 fully saturated rings. The number of carbonyl (C=O) groups is 2. The van der Waals surface area contributed by atoms with Crippen molar-refractivity contribution < 1.29 is 18.7 Å². The van der Waals surface area contributed by atoms with E-state index in [9.17, 15) is 14.4 Å². The highest BCUT2D eigenvalue weighted by molar-refractivity contribution is 6.02. The highest BCUT2D eigenvalue weighted by Crippen LogP contribution is 2.38. The van der Waals surface area contributed by atoms with Gasteiger partial charge in [0.15, 0.2) is 12.4 Å². The van der Waals surface area contributed by atoms with Crippen LogP contribution in [0.25, 0.3) is 0 Å². The third-order valence-corrected chi connectivity index (χ3v) is 6.04. The van der Waals surface area contributed by atoms with E-state index in [0.29, 0.717) is 31.1 Å². The van der Waals surface area contributed by atoms with Gasteiger partial charge in [0.1, 0.15) is 5.75 Å². The standard InChI is InChI=1S/C24H23N3O5/c28-21-9-8-19(25-24(30)20-7-4-10-31-20)23-17-11-16(13-27(21)23)12-26(14-17)22(29)15-32-18-5-2-1-3-6-18/h1-10,16-17H,11-15H2,(H,25,30)/t16-,17+/m0/s1. The van der Waals surface area contributed by atoms with Crippen LogP contribution >= 0.6 is 0 Å². The quantitative estimate of drug-likeness (QED) is 0.668. The second kappa shape index (κ2) is 8.37. The molecule has 32 heavy (non-hydrogen) atoms. The van der Waals surface area contributed by atoms with Gasteiger partial charge in [-0.3, -0.25) is 14.4 Å². The molecule has 164 valence electrons. The number of aromatic nitrogens is 1. The molecule has 0 aliphatic carbocycles. The molecule has 0 saturated carbocycles. The smallest absolute Gasteiger partial charge is 0.291 e. The van der Waals surface area contributed by atoms with Crippen molar-refractivity contribution in [1.29, 1.82) is 0 Å². The number of pyridine rings is 1. The van der Waals surface area contributed by atoms with Gasteiger partial charge in [-0.1, -0.05) is 18.2 Å². The predicted molar refractivity (Wildman–Crippen MR) is 117 cm³/mol. The molecular formula is C24H23N3O5. The van der Waals surface area contributed by atoms with Gasteiger partial charge in [-0.15, -0.1) is 0 Å². The van der Waals surface area contributed by atoms with Crippen molar-refractivity contribution in [3.63, 3.8) is 0 Å². The van der Waals surface area contributed by atoms with Crippen molar-refractivity contribution in [3.8, 4) is 5.75 Å². The van der Waals surface area contributed by atoms with Crippen LogP contribution in [0, 0.1) is 5.92 Å². The van der Waals surface area contributed by atoms with E-state index in [0.717, 1.165) is 12.1 Å². The molecule has 2 amide bonds. The number of nitrogens with zero attached hydrogens (tertiary/aromatic N) is 2. The van der Waals surface area contributed by atoms with Crippen LogP contribution in [0.3, 0.4) is 0 Å². The molecule has 0 radical (unpaired) electrons. The molecule has 2 aromatic heterocycles. The lowest BCUT2D eigenvalue weighted by Crippen LogP contribution is -2.50. The van der Waals surface area contributed by atoms with E-state index >= 15 is 0 Å². The lowest BCUT2D eigenvalue weighted by Gasteiger charge is -2.43. The third-order valence-electron chi connectivity index (χ3n) is 6.04. The van der Waals surface area contributed by atoms with Crippen molar-refractivity contribution >= 4 is 17.5 Å². The summed E-state index contributed by atoms with van der Waals surface area (Å²) in [6.45, 7) is 1.54. The van der Waals surface area contributed by atoms with E-state index in [1.54, 1.807) is 27.7 Å². The summed E-state index contributed by atoms with van der Waals surface area (Å²) in [7, 11) is 0. The van der Waals surface area contributed by atoms with Gasteiger partial charge in [-0.2, -0.15) is 0 Å². The second-order valence-corrected chi connectivity index (χ2v) is 8.21. The minimum absolute atomic E-state index is 0.0346. The molecule has 1 aromatic carbocycles. The number of furan rings is 1. The van der Waals surface area contributed by atoms with Crippen LogP contribution in [-0.4, -0.2) is 41.0 Å². The molecule has 3 aromatic rings. The van der Waals surface area contributed by atoms with Crippen molar-refractivity contribution in [2.45, 2.75) is 18.9 Å². The van der Waals surface area contributed by atoms with Gasteiger partial charge >= 0.3 is 0 Å². The molecule has 2 bridgehead atoms. The van der Waals surface area contributed by atoms with Gasteiger partial charge in [-0.05, 0) is 42.7 Å². The minimum Gasteiger partial charge on any atom is -0.484 e. The number of nitrogens with one attached hydrogen (secondary N) is 1. The monoisotopic (exact) mass is 433 g/mol. The number of anilines is 1. The molecule has 0 unspecified atom stereocenters. The summed E-state index contributed by atoms with van der Waals surface area (Å²) in [5, 5.41) is 2.87. The van der Waals surface area contributed by atoms with Crippen LogP contribution in [0.5, 0.6) is 5.75 Å². The number of benzene rings is 1. The number of rotatable bonds is 5. The summed E-state index contributed by atoms with van der Waals surface area (Å²) in [5.41, 5.74) is 1.23. The molecule has 8 nitrogen and oxygen atoms in total. The molecule has 1 saturated heterocycles. The summed E-state index contributed by atoms with van der Waals surface area (Å²) >= 11 is 0. The van der Waals surface area contributed by atoms with Gasteiger partial charge < -0.3 is 23.9 Å². The highest BCUT2D eigenvalue weighted by Gasteiger charge is 2.38. The first-order valence-electron chi connectivity index (χ1n) is 10.6. The van der Waals surface area contributed by atoms with E-state index in [1.807, 2.05) is 30.3 Å². The number of para-hydroxylation sites is 1. The topological polar surface area (TPSA) is 93.8 Å². The number of fused-ring (bicyclic) bond motifs is 4. The number of piperidine rings is 1. The number of likely N-dealkylation sites (tertiary alicyclic amines) is 1. The molecule has 5 rings (SSSR count). The van der Waals surface area contributed by atoms with E-state index in [-0.39, 0.29) is 41.6 Å². The average molecular weight is 433 g/mol. The second-order valence-electron chi connectivity index (χ2n) is 8.21. The van der Waals surface area contributed by atoms with Crippen molar-refractivity contribution in [3.05, 3.63) is 82.7 Å². The van der Waals surface area contributed by atoms with Crippen molar-refractivity contribution in [2.75, 3.05) is 25.0 Å². The Kier molecular flexibility index (Phi) is 5.26. The van der Waals surface area contributed by atoms with Crippen LogP contribution in [0.4, 0.5) is 5.69 Å². The van der Waals surface area contributed by atoms with Crippen LogP contribution in [-0.2, 0) is 11.3 Å². The largest absolute Gasteiger partial charge is 0.484 e. The zero-order valence-corrected chi connectivity index (χ0v) is 17.4. The molecule has 4 heterocycles. The average Bonchev–Trinajstić information content (AvgIpc) is 3.35. The molecule has 2 atom stereocenters. The predicted octanol–water partition coefficient (Wildman–Crippen LogP) is 2.72. The van der Waals surface area contributed by atoms with E-state index in [1.165, 1.54) is 12.3 Å². The Hall–Kier alpha value is -3.81. The third kappa shape index (κ3) is 3.91. The van der Waals surface area contributed by atoms with Gasteiger partial charge in [-0.25, -0.2) is 0 Å². The van der Waals surface area contributed by atoms with Crippen molar-refractivity contribution in [2.24, 2.45) is 5.92 Å². The Morgan fingerprint density at radius 2 is 1.88 bits per heavy atom. The van der Waals surface area contributed by atoms with Gasteiger partial charge in [0.25, 0.3) is 17.4 Å². The summed E-state index contributed by atoms with van der Waals surface area (Å²) < 4.78 is 12.6. The van der Waals surface area contributed by atoms with E-state index in [2.05, 4.69) is 5.32 Å². The Morgan fingerprint density at radius 3 is 2.66 bits per heavy atom. The normalized spacial score (nSPS) is 19.2. The lowest BCUT2D eigenvalue weighted by molar-refractivity contribution is -0.136. The van der Waals surface area contributed by atoms with Gasteiger partial charge in [0.2, 0.25) is 0 Å². The Balaban J connectivity index is 1.35. The summed E-state index contributed by atoms with van der Waals surface area (Å²) in [6.07, 6.45) is 2.29. The number of ether oxygens (including phenoxy) is 1. The summed E-state index contributed by atoms with van der Waals surface area (Å²) in [5.74, 6) is 0.509. The zero-order chi connectivity index (χ0) is 22.1. The maximum Gasteiger partial charge on any atom is 0.291 e. The molecule has 2 aliphatic heterocycles. The summed E-state index contributed by atoms with van der Waals surface area (Å²) in [4.78, 5) is 39.8. The van der Waals surface area contributed by atoms with Gasteiger partial charge in [0, 0.05) is 37.3 Å². The summed E-state index contributed by atoms with van der Waals surface area (Å²) in [6, 6.07) is 15.6. The van der Waals surface area contributed by atoms with Crippen LogP contribution in [0.15, 0.2) is 70.1 Å².